The van der Waals surface area contributed by atoms with E-state index in [4.69, 9.17) is 17.0 Å². The van der Waals surface area contributed by atoms with Crippen molar-refractivity contribution in [3.8, 4) is 0 Å². The van der Waals surface area contributed by atoms with E-state index in [1.54, 1.807) is 13.8 Å². The molecule has 8 nitrogen and oxygen atoms in total. The first kappa shape index (κ1) is 25.4. The van der Waals surface area contributed by atoms with E-state index >= 15 is 0 Å². The van der Waals surface area contributed by atoms with E-state index in [1.807, 2.05) is 30.3 Å². The maximum absolute atomic E-state index is 12.1. The average Bonchev–Trinajstić information content (AvgIpc) is 2.72. The molecule has 32 heavy (non-hydrogen) atoms. The van der Waals surface area contributed by atoms with Crippen LogP contribution in [0.15, 0.2) is 59.5 Å². The number of sulfonamides is 1. The quantitative estimate of drug-likeness (QED) is 0.356. The highest BCUT2D eigenvalue weighted by atomic mass is 32.2. The molecule has 0 aliphatic rings. The number of anilines is 1. The first-order valence-electron chi connectivity index (χ1n) is 10.1. The normalized spacial score (nSPS) is 11.1. The lowest BCUT2D eigenvalue weighted by molar-refractivity contribution is -0.144. The first-order chi connectivity index (χ1) is 15.2. The molecule has 0 unspecified atom stereocenters. The Hall–Kier alpha value is -2.82. The predicted molar refractivity (Wildman–Crippen MR) is 127 cm³/mol. The van der Waals surface area contributed by atoms with Gasteiger partial charge >= 0.3 is 5.97 Å². The zero-order valence-electron chi connectivity index (χ0n) is 18.0. The summed E-state index contributed by atoms with van der Waals surface area (Å²) >= 11 is 5.09. The van der Waals surface area contributed by atoms with E-state index in [0.29, 0.717) is 12.1 Å². The van der Waals surface area contributed by atoms with Gasteiger partial charge in [-0.1, -0.05) is 30.3 Å². The van der Waals surface area contributed by atoms with Gasteiger partial charge in [-0.25, -0.2) is 13.1 Å². The summed E-state index contributed by atoms with van der Waals surface area (Å²) in [4.78, 5) is 23.9. The molecule has 0 atom stereocenters. The Bertz CT molecular complexity index is 1020. The van der Waals surface area contributed by atoms with Crippen molar-refractivity contribution in [2.75, 3.05) is 11.9 Å². The number of rotatable bonds is 10. The maximum atomic E-state index is 12.1. The van der Waals surface area contributed by atoms with E-state index in [-0.39, 0.29) is 35.5 Å². The number of benzene rings is 2. The lowest BCUT2D eigenvalue weighted by Crippen LogP contribution is -2.34. The van der Waals surface area contributed by atoms with Gasteiger partial charge in [-0.15, -0.1) is 0 Å². The van der Waals surface area contributed by atoms with Crippen molar-refractivity contribution in [2.24, 2.45) is 0 Å². The summed E-state index contributed by atoms with van der Waals surface area (Å²) in [6.07, 6.45) is 0.489. The third-order valence-electron chi connectivity index (χ3n) is 4.12. The van der Waals surface area contributed by atoms with Crippen LogP contribution in [0.5, 0.6) is 0 Å². The number of hydrogen-bond donors (Lipinski definition) is 3. The predicted octanol–water partition coefficient (Wildman–Crippen LogP) is 2.75. The second-order valence-corrected chi connectivity index (χ2v) is 9.38. The summed E-state index contributed by atoms with van der Waals surface area (Å²) in [5.41, 5.74) is 1.58. The van der Waals surface area contributed by atoms with Crippen LogP contribution in [0.2, 0.25) is 0 Å². The van der Waals surface area contributed by atoms with Crippen LogP contribution in [0.25, 0.3) is 0 Å². The van der Waals surface area contributed by atoms with Crippen molar-refractivity contribution in [1.82, 2.24) is 10.0 Å². The van der Waals surface area contributed by atoms with Crippen molar-refractivity contribution >= 4 is 44.9 Å². The van der Waals surface area contributed by atoms with Gasteiger partial charge in [0.25, 0.3) is 0 Å². The summed E-state index contributed by atoms with van der Waals surface area (Å²) < 4.78 is 31.9. The lowest BCUT2D eigenvalue weighted by Gasteiger charge is -2.12. The van der Waals surface area contributed by atoms with E-state index in [9.17, 15) is 18.0 Å². The van der Waals surface area contributed by atoms with Gasteiger partial charge in [-0.05, 0) is 55.9 Å². The number of nitrogens with one attached hydrogen (secondary N) is 3. The Morgan fingerprint density at radius 1 is 1.00 bits per heavy atom. The highest BCUT2D eigenvalue weighted by molar-refractivity contribution is 7.89. The summed E-state index contributed by atoms with van der Waals surface area (Å²) in [6, 6.07) is 15.4. The molecule has 0 aliphatic carbocycles. The van der Waals surface area contributed by atoms with Gasteiger partial charge in [0, 0.05) is 24.6 Å². The molecule has 0 aliphatic heterocycles. The zero-order valence-corrected chi connectivity index (χ0v) is 19.6. The minimum Gasteiger partial charge on any atom is -0.465 e. The molecule has 1 amide bonds. The fraction of sp³-hybridized carbons (Fsp3) is 0.318. The largest absolute Gasteiger partial charge is 0.465 e. The van der Waals surface area contributed by atoms with Crippen LogP contribution in [-0.2, 0) is 30.8 Å². The number of esters is 1. The number of hydrogen-bond acceptors (Lipinski definition) is 6. The van der Waals surface area contributed by atoms with Crippen molar-refractivity contribution in [3.05, 3.63) is 60.2 Å². The molecule has 0 heterocycles. The Labute approximate surface area is 193 Å². The molecule has 2 aromatic carbocycles. The van der Waals surface area contributed by atoms with Gasteiger partial charge in [-0.3, -0.25) is 9.59 Å². The fourth-order valence-electron chi connectivity index (χ4n) is 2.66. The minimum absolute atomic E-state index is 0.0448. The Morgan fingerprint density at radius 3 is 2.28 bits per heavy atom. The van der Waals surface area contributed by atoms with E-state index in [0.717, 1.165) is 5.56 Å². The van der Waals surface area contributed by atoms with Crippen molar-refractivity contribution in [3.63, 3.8) is 0 Å². The first-order valence-corrected chi connectivity index (χ1v) is 12.0. The summed E-state index contributed by atoms with van der Waals surface area (Å²) in [7, 11) is -3.59. The maximum Gasteiger partial charge on any atom is 0.306 e. The van der Waals surface area contributed by atoms with Crippen LogP contribution in [0.3, 0.4) is 0 Å². The molecular formula is C22H27N3O5S2. The smallest absolute Gasteiger partial charge is 0.306 e. The zero-order chi connectivity index (χ0) is 23.6. The number of thiocarbonyl (C=S) groups is 1. The summed E-state index contributed by atoms with van der Waals surface area (Å²) in [5.74, 6) is -0.885. The summed E-state index contributed by atoms with van der Waals surface area (Å²) in [5, 5.41) is 5.32. The van der Waals surface area contributed by atoms with Crippen LogP contribution >= 0.6 is 12.2 Å². The third-order valence-corrected chi connectivity index (χ3v) is 6.00. The monoisotopic (exact) mass is 477 g/mol. The Morgan fingerprint density at radius 2 is 1.66 bits per heavy atom. The summed E-state index contributed by atoms with van der Waals surface area (Å²) in [6.45, 7) is 3.72. The minimum atomic E-state index is -3.59. The van der Waals surface area contributed by atoms with Crippen molar-refractivity contribution in [1.29, 1.82) is 0 Å². The number of ether oxygens (including phenoxy) is 1. The lowest BCUT2D eigenvalue weighted by atomic mass is 10.2. The van der Waals surface area contributed by atoms with Gasteiger partial charge in [0.2, 0.25) is 15.9 Å². The fourth-order valence-corrected chi connectivity index (χ4v) is 4.15. The second-order valence-electron chi connectivity index (χ2n) is 7.26. The Balaban J connectivity index is 1.71. The molecule has 172 valence electrons. The van der Waals surface area contributed by atoms with Crippen LogP contribution in [0, 0.1) is 0 Å². The molecule has 0 aromatic heterocycles. The molecule has 0 saturated carbocycles. The second kappa shape index (κ2) is 12.3. The molecule has 0 bridgehead atoms. The molecule has 0 radical (unpaired) electrons. The standard InChI is InChI=1S/C22H27N3O5S2/c1-16(2)25-32(28,29)19-10-8-18(9-11-19)23-22(31)24-20(26)12-13-21(27)30-15-14-17-6-4-3-5-7-17/h3-11,16,25H,12-15H2,1-2H3,(H2,23,24,26,31). The molecule has 2 rings (SSSR count). The van der Waals surface area contributed by atoms with E-state index in [2.05, 4.69) is 15.4 Å². The molecule has 10 heteroatoms. The van der Waals surface area contributed by atoms with Gasteiger partial charge in [0.1, 0.15) is 0 Å². The van der Waals surface area contributed by atoms with Crippen LogP contribution < -0.4 is 15.4 Å². The SMILES string of the molecule is CC(C)NS(=O)(=O)c1ccc(NC(=S)NC(=O)CCC(=O)OCCc2ccccc2)cc1. The molecular weight excluding hydrogens is 450 g/mol. The number of carbonyl (C=O) groups excluding carboxylic acids is 2. The number of carbonyl (C=O) groups is 2. The van der Waals surface area contributed by atoms with Crippen molar-refractivity contribution in [2.45, 2.75) is 44.0 Å². The van der Waals surface area contributed by atoms with Gasteiger partial charge in [-0.2, -0.15) is 0 Å². The molecule has 0 spiro atoms. The highest BCUT2D eigenvalue weighted by Gasteiger charge is 2.15. The topological polar surface area (TPSA) is 114 Å². The molecule has 0 fully saturated rings. The van der Waals surface area contributed by atoms with Crippen molar-refractivity contribution < 1.29 is 22.7 Å². The highest BCUT2D eigenvalue weighted by Crippen LogP contribution is 2.14. The molecule has 0 saturated heterocycles. The average molecular weight is 478 g/mol. The van der Waals surface area contributed by atoms with Crippen LogP contribution in [0.1, 0.15) is 32.3 Å². The van der Waals surface area contributed by atoms with E-state index in [1.165, 1.54) is 24.3 Å². The van der Waals surface area contributed by atoms with Crippen LogP contribution in [0.4, 0.5) is 5.69 Å². The van der Waals surface area contributed by atoms with Gasteiger partial charge in [0.05, 0.1) is 17.9 Å². The number of amides is 1. The molecule has 2 aromatic rings. The van der Waals surface area contributed by atoms with Gasteiger partial charge in [0.15, 0.2) is 5.11 Å². The van der Waals surface area contributed by atoms with Crippen LogP contribution in [-0.4, -0.2) is 38.1 Å². The van der Waals surface area contributed by atoms with E-state index < -0.39 is 21.9 Å². The molecule has 3 N–H and O–H groups in total. The third kappa shape index (κ3) is 9.13. The van der Waals surface area contributed by atoms with Gasteiger partial charge < -0.3 is 15.4 Å². The Kier molecular flexibility index (Phi) is 9.76.